The highest BCUT2D eigenvalue weighted by Crippen LogP contribution is 2.09. The van der Waals surface area contributed by atoms with Crippen molar-refractivity contribution in [1.29, 1.82) is 0 Å². The van der Waals surface area contributed by atoms with E-state index in [1.54, 1.807) is 0 Å². The first-order valence-electron chi connectivity index (χ1n) is 7.34. The van der Waals surface area contributed by atoms with Crippen molar-refractivity contribution in [2.45, 2.75) is 51.9 Å². The molecule has 2 unspecified atom stereocenters. The fourth-order valence-corrected chi connectivity index (χ4v) is 2.23. The van der Waals surface area contributed by atoms with Gasteiger partial charge in [-0.15, -0.1) is 0 Å². The summed E-state index contributed by atoms with van der Waals surface area (Å²) in [5.41, 5.74) is 5.36. The molecule has 0 radical (unpaired) electrons. The number of nitrogens with two attached hydrogens (primary N) is 1. The Morgan fingerprint density at radius 1 is 1.55 bits per heavy atom. The standard InChI is InChI=1S/C14H29N3O3/c1-11-10-17(6-5-7-19-11)12(8-15)9-16-13(18)20-14(2,3)4/h11-12H,5-10,15H2,1-4H3,(H,16,18). The van der Waals surface area contributed by atoms with Crippen LogP contribution in [0.25, 0.3) is 0 Å². The lowest BCUT2D eigenvalue weighted by molar-refractivity contribution is 0.0483. The molecule has 0 spiro atoms. The molecule has 118 valence electrons. The van der Waals surface area contributed by atoms with Crippen LogP contribution in [-0.4, -0.2) is 61.5 Å². The first kappa shape index (κ1) is 17.2. The number of hydrogen-bond acceptors (Lipinski definition) is 5. The summed E-state index contributed by atoms with van der Waals surface area (Å²) in [5, 5.41) is 2.80. The normalized spacial score (nSPS) is 22.9. The number of nitrogens with zero attached hydrogens (tertiary/aromatic N) is 1. The molecule has 1 fully saturated rings. The summed E-state index contributed by atoms with van der Waals surface area (Å²) < 4.78 is 10.9. The number of carbonyl (C=O) groups excluding carboxylic acids is 1. The maximum Gasteiger partial charge on any atom is 0.407 e. The molecule has 2 atom stereocenters. The van der Waals surface area contributed by atoms with Crippen LogP contribution in [0.5, 0.6) is 0 Å². The Morgan fingerprint density at radius 2 is 2.25 bits per heavy atom. The largest absolute Gasteiger partial charge is 0.444 e. The summed E-state index contributed by atoms with van der Waals surface area (Å²) in [7, 11) is 0. The highest BCUT2D eigenvalue weighted by atomic mass is 16.6. The predicted octanol–water partition coefficient (Wildman–Crippen LogP) is 0.949. The minimum atomic E-state index is -0.479. The van der Waals surface area contributed by atoms with E-state index in [1.807, 2.05) is 20.8 Å². The Morgan fingerprint density at radius 3 is 2.85 bits per heavy atom. The molecule has 0 bridgehead atoms. The average molecular weight is 287 g/mol. The van der Waals surface area contributed by atoms with Crippen molar-refractivity contribution in [3.63, 3.8) is 0 Å². The summed E-state index contributed by atoms with van der Waals surface area (Å²) in [5.74, 6) is 0. The second-order valence-electron chi connectivity index (χ2n) is 6.30. The van der Waals surface area contributed by atoms with Gasteiger partial charge in [0.15, 0.2) is 0 Å². The summed E-state index contributed by atoms with van der Waals surface area (Å²) in [6.07, 6.45) is 0.802. The van der Waals surface area contributed by atoms with Gasteiger partial charge < -0.3 is 20.5 Å². The van der Waals surface area contributed by atoms with E-state index in [0.717, 1.165) is 26.1 Å². The summed E-state index contributed by atoms with van der Waals surface area (Å²) in [4.78, 5) is 14.0. The summed E-state index contributed by atoms with van der Waals surface area (Å²) >= 11 is 0. The van der Waals surface area contributed by atoms with Crippen LogP contribution in [0.1, 0.15) is 34.1 Å². The van der Waals surface area contributed by atoms with E-state index >= 15 is 0 Å². The number of hydrogen-bond donors (Lipinski definition) is 2. The Labute approximate surface area is 122 Å². The van der Waals surface area contributed by atoms with Crippen LogP contribution >= 0.6 is 0 Å². The van der Waals surface area contributed by atoms with Gasteiger partial charge in [0, 0.05) is 38.8 Å². The molecule has 1 amide bonds. The molecule has 1 rings (SSSR count). The molecule has 0 saturated carbocycles. The second kappa shape index (κ2) is 7.81. The molecule has 0 aliphatic carbocycles. The molecule has 6 nitrogen and oxygen atoms in total. The molecule has 0 aromatic heterocycles. The minimum absolute atomic E-state index is 0.117. The van der Waals surface area contributed by atoms with Gasteiger partial charge in [-0.05, 0) is 34.1 Å². The topological polar surface area (TPSA) is 76.8 Å². The summed E-state index contributed by atoms with van der Waals surface area (Å²) in [6.45, 7) is 11.2. The maximum atomic E-state index is 11.7. The lowest BCUT2D eigenvalue weighted by atomic mass is 10.2. The van der Waals surface area contributed by atoms with E-state index in [-0.39, 0.29) is 12.1 Å². The van der Waals surface area contributed by atoms with Crippen LogP contribution in [0.4, 0.5) is 4.79 Å². The lowest BCUT2D eigenvalue weighted by Crippen LogP contribution is -2.50. The predicted molar refractivity (Wildman–Crippen MR) is 78.7 cm³/mol. The maximum absolute atomic E-state index is 11.7. The Balaban J connectivity index is 2.43. The van der Waals surface area contributed by atoms with Crippen molar-refractivity contribution in [3.05, 3.63) is 0 Å². The van der Waals surface area contributed by atoms with Crippen molar-refractivity contribution in [1.82, 2.24) is 10.2 Å². The van der Waals surface area contributed by atoms with E-state index in [2.05, 4.69) is 17.1 Å². The smallest absolute Gasteiger partial charge is 0.407 e. The van der Waals surface area contributed by atoms with Gasteiger partial charge in [0.25, 0.3) is 0 Å². The highest BCUT2D eigenvalue weighted by molar-refractivity contribution is 5.67. The van der Waals surface area contributed by atoms with Crippen molar-refractivity contribution in [3.8, 4) is 0 Å². The first-order chi connectivity index (χ1) is 9.31. The summed E-state index contributed by atoms with van der Waals surface area (Å²) in [6, 6.07) is 0.117. The van der Waals surface area contributed by atoms with Gasteiger partial charge in [-0.25, -0.2) is 4.79 Å². The quantitative estimate of drug-likeness (QED) is 0.805. The zero-order valence-corrected chi connectivity index (χ0v) is 13.1. The fourth-order valence-electron chi connectivity index (χ4n) is 2.23. The third-order valence-corrected chi connectivity index (χ3v) is 3.15. The average Bonchev–Trinajstić information content (AvgIpc) is 2.52. The third-order valence-electron chi connectivity index (χ3n) is 3.15. The zero-order valence-electron chi connectivity index (χ0n) is 13.1. The number of ether oxygens (including phenoxy) is 2. The minimum Gasteiger partial charge on any atom is -0.444 e. The van der Waals surface area contributed by atoms with Crippen molar-refractivity contribution in [2.75, 3.05) is 32.8 Å². The van der Waals surface area contributed by atoms with E-state index in [0.29, 0.717) is 13.1 Å². The molecule has 20 heavy (non-hydrogen) atoms. The van der Waals surface area contributed by atoms with Crippen LogP contribution in [0, 0.1) is 0 Å². The molecular formula is C14H29N3O3. The third kappa shape index (κ3) is 6.54. The van der Waals surface area contributed by atoms with Crippen molar-refractivity contribution < 1.29 is 14.3 Å². The van der Waals surface area contributed by atoms with Gasteiger partial charge >= 0.3 is 6.09 Å². The van der Waals surface area contributed by atoms with Crippen LogP contribution in [0.3, 0.4) is 0 Å². The van der Waals surface area contributed by atoms with Crippen molar-refractivity contribution in [2.24, 2.45) is 5.73 Å². The van der Waals surface area contributed by atoms with Crippen LogP contribution < -0.4 is 11.1 Å². The molecule has 6 heteroatoms. The molecular weight excluding hydrogens is 258 g/mol. The van der Waals surface area contributed by atoms with Gasteiger partial charge in [-0.2, -0.15) is 0 Å². The van der Waals surface area contributed by atoms with Crippen LogP contribution in [-0.2, 0) is 9.47 Å². The van der Waals surface area contributed by atoms with E-state index in [9.17, 15) is 4.79 Å². The van der Waals surface area contributed by atoms with E-state index < -0.39 is 11.7 Å². The number of carbonyl (C=O) groups is 1. The number of nitrogens with one attached hydrogen (secondary N) is 1. The first-order valence-corrected chi connectivity index (χ1v) is 7.34. The van der Waals surface area contributed by atoms with Gasteiger partial charge in [0.05, 0.1) is 6.10 Å². The molecule has 1 saturated heterocycles. The van der Waals surface area contributed by atoms with Crippen LogP contribution in [0.2, 0.25) is 0 Å². The zero-order chi connectivity index (χ0) is 15.2. The number of amides is 1. The SMILES string of the molecule is CC1CN(C(CN)CNC(=O)OC(C)(C)C)CCCO1. The lowest BCUT2D eigenvalue weighted by Gasteiger charge is -2.31. The van der Waals surface area contributed by atoms with Gasteiger partial charge in [-0.1, -0.05) is 0 Å². The molecule has 1 aliphatic heterocycles. The fraction of sp³-hybridized carbons (Fsp3) is 0.929. The molecule has 0 aromatic carbocycles. The molecule has 1 heterocycles. The Kier molecular flexibility index (Phi) is 6.71. The van der Waals surface area contributed by atoms with Gasteiger partial charge in [-0.3, -0.25) is 4.90 Å². The van der Waals surface area contributed by atoms with Crippen molar-refractivity contribution >= 4 is 6.09 Å². The Hall–Kier alpha value is -0.850. The highest BCUT2D eigenvalue weighted by Gasteiger charge is 2.23. The Bertz CT molecular complexity index is 305. The van der Waals surface area contributed by atoms with Crippen LogP contribution in [0.15, 0.2) is 0 Å². The monoisotopic (exact) mass is 287 g/mol. The molecule has 0 aromatic rings. The second-order valence-corrected chi connectivity index (χ2v) is 6.30. The van der Waals surface area contributed by atoms with E-state index in [1.165, 1.54) is 0 Å². The van der Waals surface area contributed by atoms with E-state index in [4.69, 9.17) is 15.2 Å². The number of rotatable bonds is 4. The molecule has 1 aliphatic rings. The van der Waals surface area contributed by atoms with Gasteiger partial charge in [0.2, 0.25) is 0 Å². The number of alkyl carbamates (subject to hydrolysis) is 1. The molecule has 3 N–H and O–H groups in total. The van der Waals surface area contributed by atoms with Gasteiger partial charge in [0.1, 0.15) is 5.60 Å².